The summed E-state index contributed by atoms with van der Waals surface area (Å²) >= 11 is 11.9. The first kappa shape index (κ1) is 10.2. The van der Waals surface area contributed by atoms with E-state index in [9.17, 15) is 0 Å². The fraction of sp³-hybridized carbons (Fsp3) is 0.400. The molecule has 0 aromatic heterocycles. The number of hydrogen-bond donors (Lipinski definition) is 0. The van der Waals surface area contributed by atoms with E-state index in [2.05, 4.69) is 0 Å². The van der Waals surface area contributed by atoms with Gasteiger partial charge in [-0.15, -0.1) is 0 Å². The Kier molecular flexibility index (Phi) is 2.71. The van der Waals surface area contributed by atoms with Crippen LogP contribution in [-0.4, -0.2) is 20.3 Å². The molecule has 2 rings (SSSR count). The van der Waals surface area contributed by atoms with E-state index in [1.165, 1.54) is 0 Å². The van der Waals surface area contributed by atoms with Gasteiger partial charge in [-0.05, 0) is 12.1 Å². The highest BCUT2D eigenvalue weighted by molar-refractivity contribution is 6.35. The molecule has 0 amide bonds. The topological polar surface area (TPSA) is 18.5 Å². The molecule has 2 nitrogen and oxygen atoms in total. The highest BCUT2D eigenvalue weighted by atomic mass is 35.5. The summed E-state index contributed by atoms with van der Waals surface area (Å²) in [5.74, 6) is 0. The smallest absolute Gasteiger partial charge is 0.141 e. The first-order valence-corrected chi connectivity index (χ1v) is 5.02. The maximum absolute atomic E-state index is 6.09. The minimum Gasteiger partial charge on any atom is -0.375 e. The molecule has 1 aliphatic heterocycles. The van der Waals surface area contributed by atoms with Crippen LogP contribution in [0.4, 0.5) is 0 Å². The monoisotopic (exact) mass is 232 g/mol. The summed E-state index contributed by atoms with van der Waals surface area (Å²) in [6.45, 7) is 1.09. The third-order valence-electron chi connectivity index (χ3n) is 2.48. The normalized spacial score (nSPS) is 19.1. The fourth-order valence-electron chi connectivity index (χ4n) is 1.53. The molecular formula is C10H10Cl2O2. The van der Waals surface area contributed by atoms with Crippen molar-refractivity contribution < 1.29 is 9.47 Å². The summed E-state index contributed by atoms with van der Waals surface area (Å²) in [7, 11) is 1.66. The molecule has 14 heavy (non-hydrogen) atoms. The molecule has 1 aliphatic rings. The lowest BCUT2D eigenvalue weighted by Gasteiger charge is -2.40. The van der Waals surface area contributed by atoms with E-state index in [1.807, 2.05) is 12.1 Å². The van der Waals surface area contributed by atoms with E-state index in [-0.39, 0.29) is 5.60 Å². The van der Waals surface area contributed by atoms with Gasteiger partial charge >= 0.3 is 0 Å². The van der Waals surface area contributed by atoms with Gasteiger partial charge in [0.05, 0.1) is 13.2 Å². The van der Waals surface area contributed by atoms with Crippen molar-refractivity contribution in [1.29, 1.82) is 0 Å². The Hall–Kier alpha value is -0.280. The minimum absolute atomic E-state index is 0.373. The lowest BCUT2D eigenvalue weighted by atomic mass is 9.92. The van der Waals surface area contributed by atoms with Crippen molar-refractivity contribution in [3.8, 4) is 0 Å². The van der Waals surface area contributed by atoms with E-state index < -0.39 is 0 Å². The maximum Gasteiger partial charge on any atom is 0.141 e. The number of methoxy groups -OCH3 is 1. The molecule has 1 saturated heterocycles. The van der Waals surface area contributed by atoms with Gasteiger partial charge in [-0.3, -0.25) is 0 Å². The molecule has 1 aromatic rings. The van der Waals surface area contributed by atoms with Gasteiger partial charge in [-0.2, -0.15) is 0 Å². The van der Waals surface area contributed by atoms with Gasteiger partial charge in [0.2, 0.25) is 0 Å². The van der Waals surface area contributed by atoms with E-state index in [0.717, 1.165) is 5.56 Å². The average Bonchev–Trinajstić information content (AvgIpc) is 2.07. The molecule has 0 unspecified atom stereocenters. The predicted molar refractivity (Wildman–Crippen MR) is 56.0 cm³/mol. The Balaban J connectivity index is 2.40. The molecule has 0 saturated carbocycles. The summed E-state index contributed by atoms with van der Waals surface area (Å²) < 4.78 is 10.6. The summed E-state index contributed by atoms with van der Waals surface area (Å²) in [5, 5.41) is 1.26. The highest BCUT2D eigenvalue weighted by Crippen LogP contribution is 2.38. The summed E-state index contributed by atoms with van der Waals surface area (Å²) in [4.78, 5) is 0. The molecule has 1 aromatic carbocycles. The quantitative estimate of drug-likeness (QED) is 0.781. The van der Waals surface area contributed by atoms with Crippen molar-refractivity contribution >= 4 is 23.2 Å². The van der Waals surface area contributed by atoms with Gasteiger partial charge in [0, 0.05) is 22.7 Å². The van der Waals surface area contributed by atoms with Crippen LogP contribution in [0.3, 0.4) is 0 Å². The second-order valence-electron chi connectivity index (χ2n) is 3.32. The lowest BCUT2D eigenvalue weighted by molar-refractivity contribution is -0.202. The molecule has 0 aliphatic carbocycles. The van der Waals surface area contributed by atoms with Gasteiger partial charge in [0.15, 0.2) is 0 Å². The molecule has 76 valence electrons. The largest absolute Gasteiger partial charge is 0.375 e. The second-order valence-corrected chi connectivity index (χ2v) is 4.16. The first-order chi connectivity index (χ1) is 6.68. The summed E-state index contributed by atoms with van der Waals surface area (Å²) in [6.07, 6.45) is 0. The van der Waals surface area contributed by atoms with Gasteiger partial charge in [0.1, 0.15) is 5.60 Å². The summed E-state index contributed by atoms with van der Waals surface area (Å²) in [6, 6.07) is 5.41. The Labute approximate surface area is 92.7 Å². The number of hydrogen-bond acceptors (Lipinski definition) is 2. The molecule has 0 radical (unpaired) electrons. The lowest BCUT2D eigenvalue weighted by Crippen LogP contribution is -2.48. The number of benzene rings is 1. The van der Waals surface area contributed by atoms with E-state index >= 15 is 0 Å². The Morgan fingerprint density at radius 2 is 2.07 bits per heavy atom. The van der Waals surface area contributed by atoms with Crippen molar-refractivity contribution in [2.24, 2.45) is 0 Å². The van der Waals surface area contributed by atoms with Crippen molar-refractivity contribution in [1.82, 2.24) is 0 Å². The molecule has 0 spiro atoms. The van der Waals surface area contributed by atoms with E-state index in [4.69, 9.17) is 32.7 Å². The average molecular weight is 233 g/mol. The molecule has 1 fully saturated rings. The second kappa shape index (κ2) is 3.70. The van der Waals surface area contributed by atoms with Gasteiger partial charge in [-0.25, -0.2) is 0 Å². The fourth-order valence-corrected chi connectivity index (χ4v) is 2.11. The molecule has 4 heteroatoms. The van der Waals surface area contributed by atoms with Crippen LogP contribution in [0, 0.1) is 0 Å². The van der Waals surface area contributed by atoms with Crippen molar-refractivity contribution in [3.63, 3.8) is 0 Å². The van der Waals surface area contributed by atoms with Crippen LogP contribution in [0.15, 0.2) is 18.2 Å². The Morgan fingerprint density at radius 1 is 1.36 bits per heavy atom. The third-order valence-corrected chi connectivity index (χ3v) is 3.03. The third kappa shape index (κ3) is 1.52. The van der Waals surface area contributed by atoms with Gasteiger partial charge < -0.3 is 9.47 Å². The number of ether oxygens (including phenoxy) is 2. The zero-order valence-corrected chi connectivity index (χ0v) is 9.23. The molecule has 0 atom stereocenters. The van der Waals surface area contributed by atoms with E-state index in [0.29, 0.717) is 23.3 Å². The molecule has 0 N–H and O–H groups in total. The zero-order chi connectivity index (χ0) is 10.2. The van der Waals surface area contributed by atoms with E-state index in [1.54, 1.807) is 13.2 Å². The summed E-state index contributed by atoms with van der Waals surface area (Å²) in [5.41, 5.74) is 0.569. The Bertz CT molecular complexity index is 342. The van der Waals surface area contributed by atoms with Crippen LogP contribution < -0.4 is 0 Å². The standard InChI is InChI=1S/C10H10Cl2O2/c1-13-10(5-14-6-10)8-3-2-7(11)4-9(8)12/h2-4H,5-6H2,1H3. The Morgan fingerprint density at radius 3 is 2.50 bits per heavy atom. The number of halogens is 2. The van der Waals surface area contributed by atoms with Crippen LogP contribution in [0.2, 0.25) is 10.0 Å². The molecular weight excluding hydrogens is 223 g/mol. The SMILES string of the molecule is COC1(c2ccc(Cl)cc2Cl)COC1. The first-order valence-electron chi connectivity index (χ1n) is 4.26. The van der Waals surface area contributed by atoms with Gasteiger partial charge in [0.25, 0.3) is 0 Å². The molecule has 1 heterocycles. The van der Waals surface area contributed by atoms with Crippen LogP contribution in [0.1, 0.15) is 5.56 Å². The van der Waals surface area contributed by atoms with Crippen LogP contribution in [0.25, 0.3) is 0 Å². The van der Waals surface area contributed by atoms with Crippen molar-refractivity contribution in [2.75, 3.05) is 20.3 Å². The maximum atomic E-state index is 6.09. The highest BCUT2D eigenvalue weighted by Gasteiger charge is 2.42. The minimum atomic E-state index is -0.373. The predicted octanol–water partition coefficient (Wildman–Crippen LogP) is 2.87. The van der Waals surface area contributed by atoms with Crippen molar-refractivity contribution in [2.45, 2.75) is 5.60 Å². The molecule has 0 bridgehead atoms. The van der Waals surface area contributed by atoms with Crippen molar-refractivity contribution in [3.05, 3.63) is 33.8 Å². The number of rotatable bonds is 2. The van der Waals surface area contributed by atoms with Crippen LogP contribution in [-0.2, 0) is 15.1 Å². The van der Waals surface area contributed by atoms with Gasteiger partial charge in [-0.1, -0.05) is 29.3 Å². The van der Waals surface area contributed by atoms with Crippen LogP contribution >= 0.6 is 23.2 Å². The van der Waals surface area contributed by atoms with Crippen LogP contribution in [0.5, 0.6) is 0 Å². The zero-order valence-electron chi connectivity index (χ0n) is 7.72.